The molecule has 3 fully saturated rings. The molecule has 1 atom stereocenters. The summed E-state index contributed by atoms with van der Waals surface area (Å²) in [5.74, 6) is 2.57. The van der Waals surface area contributed by atoms with E-state index in [-0.39, 0.29) is 30.5 Å². The van der Waals surface area contributed by atoms with Crippen molar-refractivity contribution in [3.63, 3.8) is 0 Å². The second-order valence-electron chi connectivity index (χ2n) is 12.7. The molecule has 46 heavy (non-hydrogen) atoms. The third-order valence-electron chi connectivity index (χ3n) is 9.49. The maximum Gasteiger partial charge on any atom is 0.419 e. The number of hydrogen-bond acceptors (Lipinski definition) is 7. The van der Waals surface area contributed by atoms with Crippen molar-refractivity contribution in [2.75, 3.05) is 25.1 Å². The van der Waals surface area contributed by atoms with Gasteiger partial charge in [-0.15, -0.1) is 0 Å². The van der Waals surface area contributed by atoms with Crippen molar-refractivity contribution < 1.29 is 37.3 Å². The molecular formula is C35H40F3N3O5. The first kappa shape index (κ1) is 31.9. The Hall–Kier alpha value is -4.02. The summed E-state index contributed by atoms with van der Waals surface area (Å²) in [6.07, 6.45) is 4.60. The Morgan fingerprint density at radius 3 is 2.20 bits per heavy atom. The van der Waals surface area contributed by atoms with Crippen LogP contribution in [-0.4, -0.2) is 53.5 Å². The first-order chi connectivity index (χ1) is 22.2. The van der Waals surface area contributed by atoms with E-state index in [1.807, 2.05) is 41.3 Å². The number of alkyl halides is 3. The Labute approximate surface area is 266 Å². The molecule has 8 nitrogen and oxygen atoms in total. The standard InChI is InChI=1S/C35H40F3N3O5/c1-44-28-11-12-30(23-13-15-41(16-14-23)34-39-20-25(21-40-34)35(36,37)38)32(18-28)46-27-9-7-26(8-10-27)45-29-4-2-3-24(17-29)31(19-33(42)43)22-5-6-22/h2-4,11-12,17-18,20-23,26-27,31H,5-10,13-16,19H2,1H3,(H,42,43)/t26-,27-,31?. The summed E-state index contributed by atoms with van der Waals surface area (Å²) >= 11 is 0. The average Bonchev–Trinajstić information content (AvgIpc) is 3.90. The van der Waals surface area contributed by atoms with Gasteiger partial charge in [-0.05, 0) is 98.4 Å². The van der Waals surface area contributed by atoms with Gasteiger partial charge in [-0.2, -0.15) is 13.2 Å². The van der Waals surface area contributed by atoms with Crippen LogP contribution >= 0.6 is 0 Å². The van der Waals surface area contributed by atoms with Gasteiger partial charge >= 0.3 is 12.1 Å². The average molecular weight is 640 g/mol. The lowest BCUT2D eigenvalue weighted by Crippen LogP contribution is -2.34. The van der Waals surface area contributed by atoms with Gasteiger partial charge in [0.05, 0.1) is 31.3 Å². The van der Waals surface area contributed by atoms with Crippen LogP contribution in [0.25, 0.3) is 0 Å². The normalized spacial score (nSPS) is 21.4. The van der Waals surface area contributed by atoms with E-state index < -0.39 is 17.7 Å². The quantitative estimate of drug-likeness (QED) is 0.229. The number of carbonyl (C=O) groups is 1. The summed E-state index contributed by atoms with van der Waals surface area (Å²) < 4.78 is 57.3. The highest BCUT2D eigenvalue weighted by Crippen LogP contribution is 2.45. The summed E-state index contributed by atoms with van der Waals surface area (Å²) in [4.78, 5) is 21.3. The maximum absolute atomic E-state index is 12.9. The number of methoxy groups -OCH3 is 1. The van der Waals surface area contributed by atoms with E-state index in [4.69, 9.17) is 14.2 Å². The molecule has 0 spiro atoms. The molecule has 0 amide bonds. The van der Waals surface area contributed by atoms with Crippen LogP contribution in [0.4, 0.5) is 19.1 Å². The SMILES string of the molecule is COc1ccc(C2CCN(c3ncc(C(F)(F)F)cn3)CC2)c(O[C@H]2CC[C@H](Oc3cccc(C(CC(=O)O)C4CC4)c3)CC2)c1. The van der Waals surface area contributed by atoms with Crippen LogP contribution in [0.1, 0.15) is 86.3 Å². The summed E-state index contributed by atoms with van der Waals surface area (Å²) in [5, 5.41) is 9.40. The Bertz CT molecular complexity index is 1480. The molecule has 2 aromatic carbocycles. The predicted octanol–water partition coefficient (Wildman–Crippen LogP) is 7.63. The molecule has 6 rings (SSSR count). The van der Waals surface area contributed by atoms with E-state index in [9.17, 15) is 23.1 Å². The molecular weight excluding hydrogens is 599 g/mol. The van der Waals surface area contributed by atoms with Crippen LogP contribution < -0.4 is 19.1 Å². The fourth-order valence-corrected chi connectivity index (χ4v) is 6.80. The highest BCUT2D eigenvalue weighted by Gasteiger charge is 2.35. The number of nitrogens with zero attached hydrogens (tertiary/aromatic N) is 3. The molecule has 2 heterocycles. The first-order valence-electron chi connectivity index (χ1n) is 16.1. The minimum Gasteiger partial charge on any atom is -0.497 e. The fourth-order valence-electron chi connectivity index (χ4n) is 6.80. The number of benzene rings is 2. The van der Waals surface area contributed by atoms with E-state index in [2.05, 4.69) is 16.0 Å². The number of aliphatic carboxylic acids is 1. The molecule has 1 aliphatic heterocycles. The van der Waals surface area contributed by atoms with Crippen LogP contribution in [-0.2, 0) is 11.0 Å². The van der Waals surface area contributed by atoms with Crippen LogP contribution in [0, 0.1) is 5.92 Å². The van der Waals surface area contributed by atoms with Crippen LogP contribution in [0.3, 0.4) is 0 Å². The number of carboxylic acids is 1. The Morgan fingerprint density at radius 2 is 1.59 bits per heavy atom. The second kappa shape index (κ2) is 13.8. The lowest BCUT2D eigenvalue weighted by Gasteiger charge is -2.34. The van der Waals surface area contributed by atoms with Gasteiger partial charge in [0.1, 0.15) is 17.2 Å². The summed E-state index contributed by atoms with van der Waals surface area (Å²) in [5.41, 5.74) is 1.30. The molecule has 0 bridgehead atoms. The molecule has 246 valence electrons. The number of halogens is 3. The Kier molecular flexibility index (Phi) is 9.56. The smallest absolute Gasteiger partial charge is 0.419 e. The van der Waals surface area contributed by atoms with Gasteiger partial charge in [-0.1, -0.05) is 18.2 Å². The van der Waals surface area contributed by atoms with Crippen LogP contribution in [0.5, 0.6) is 17.2 Å². The number of aromatic nitrogens is 2. The van der Waals surface area contributed by atoms with Crippen molar-refractivity contribution in [1.82, 2.24) is 9.97 Å². The van der Waals surface area contributed by atoms with E-state index in [1.54, 1.807) is 7.11 Å². The lowest BCUT2D eigenvalue weighted by molar-refractivity contribution is -0.138. The number of ether oxygens (including phenoxy) is 3. The molecule has 1 aromatic heterocycles. The lowest BCUT2D eigenvalue weighted by atomic mass is 9.88. The highest BCUT2D eigenvalue weighted by molar-refractivity contribution is 5.68. The maximum atomic E-state index is 12.9. The summed E-state index contributed by atoms with van der Waals surface area (Å²) in [6.45, 7) is 1.26. The van der Waals surface area contributed by atoms with Gasteiger partial charge in [0, 0.05) is 31.5 Å². The summed E-state index contributed by atoms with van der Waals surface area (Å²) in [7, 11) is 1.63. The largest absolute Gasteiger partial charge is 0.497 e. The van der Waals surface area contributed by atoms with Gasteiger partial charge in [-0.25, -0.2) is 9.97 Å². The molecule has 1 unspecified atom stereocenters. The van der Waals surface area contributed by atoms with Crippen molar-refractivity contribution in [3.8, 4) is 17.2 Å². The zero-order valence-corrected chi connectivity index (χ0v) is 25.9. The number of anilines is 1. The van der Waals surface area contributed by atoms with Gasteiger partial charge in [0.25, 0.3) is 0 Å². The van der Waals surface area contributed by atoms with Crippen molar-refractivity contribution in [3.05, 3.63) is 71.5 Å². The summed E-state index contributed by atoms with van der Waals surface area (Å²) in [6, 6.07) is 13.9. The predicted molar refractivity (Wildman–Crippen MR) is 166 cm³/mol. The zero-order valence-electron chi connectivity index (χ0n) is 25.9. The first-order valence-corrected chi connectivity index (χ1v) is 16.1. The van der Waals surface area contributed by atoms with Crippen molar-refractivity contribution in [2.24, 2.45) is 5.92 Å². The van der Waals surface area contributed by atoms with Gasteiger partial charge in [-0.3, -0.25) is 4.79 Å². The minimum atomic E-state index is -4.46. The van der Waals surface area contributed by atoms with Crippen molar-refractivity contribution >= 4 is 11.9 Å². The molecule has 1 N–H and O–H groups in total. The van der Waals surface area contributed by atoms with Gasteiger partial charge in [0.2, 0.25) is 5.95 Å². The molecule has 3 aromatic rings. The Morgan fingerprint density at radius 1 is 0.913 bits per heavy atom. The number of carboxylic acid groups (broad SMARTS) is 1. The third kappa shape index (κ3) is 7.85. The van der Waals surface area contributed by atoms with E-state index in [0.717, 1.165) is 92.1 Å². The van der Waals surface area contributed by atoms with Crippen LogP contribution in [0.2, 0.25) is 0 Å². The van der Waals surface area contributed by atoms with E-state index in [1.165, 1.54) is 0 Å². The fraction of sp³-hybridized carbons (Fsp3) is 0.514. The van der Waals surface area contributed by atoms with E-state index >= 15 is 0 Å². The van der Waals surface area contributed by atoms with Crippen molar-refractivity contribution in [1.29, 1.82) is 0 Å². The molecule has 2 saturated carbocycles. The molecule has 1 saturated heterocycles. The minimum absolute atomic E-state index is 0.0347. The van der Waals surface area contributed by atoms with Crippen molar-refractivity contribution in [2.45, 2.75) is 88.0 Å². The Balaban J connectivity index is 1.04. The number of hydrogen-bond donors (Lipinski definition) is 1. The zero-order chi connectivity index (χ0) is 32.3. The van der Waals surface area contributed by atoms with Gasteiger partial charge in [0.15, 0.2) is 0 Å². The van der Waals surface area contributed by atoms with E-state index in [0.29, 0.717) is 25.0 Å². The van der Waals surface area contributed by atoms with Crippen LogP contribution in [0.15, 0.2) is 54.9 Å². The molecule has 0 radical (unpaired) electrons. The molecule has 3 aliphatic rings. The van der Waals surface area contributed by atoms with Gasteiger partial charge < -0.3 is 24.2 Å². The number of rotatable bonds is 11. The second-order valence-corrected chi connectivity index (χ2v) is 12.7. The molecule has 2 aliphatic carbocycles. The molecule has 11 heteroatoms. The monoisotopic (exact) mass is 639 g/mol. The third-order valence-corrected chi connectivity index (χ3v) is 9.49. The highest BCUT2D eigenvalue weighted by atomic mass is 19.4. The number of piperidine rings is 1. The topological polar surface area (TPSA) is 94.0 Å².